The Balaban J connectivity index is 2.86. The number of nitrogens with zero attached hydrogens (tertiary/aromatic N) is 2. The van der Waals surface area contributed by atoms with Crippen molar-refractivity contribution in [1.82, 2.24) is 5.16 Å². The molecule has 16 heavy (non-hydrogen) atoms. The van der Waals surface area contributed by atoms with Gasteiger partial charge in [0.05, 0.1) is 26.5 Å². The van der Waals surface area contributed by atoms with Gasteiger partial charge in [-0.15, -0.1) is 0 Å². The van der Waals surface area contributed by atoms with Crippen molar-refractivity contribution in [3.8, 4) is 17.2 Å². The maximum Gasteiger partial charge on any atom is 0.294 e. The van der Waals surface area contributed by atoms with Crippen LogP contribution in [0.2, 0.25) is 0 Å². The molecule has 0 spiro atoms. The molecule has 0 unspecified atom stereocenters. The van der Waals surface area contributed by atoms with Gasteiger partial charge in [-0.3, -0.25) is 4.63 Å². The Hall–Kier alpha value is -2.18. The predicted molar refractivity (Wildman–Crippen MR) is 52.6 cm³/mol. The van der Waals surface area contributed by atoms with Crippen LogP contribution in [0, 0.1) is 5.21 Å². The molecule has 7 nitrogen and oxygen atoms in total. The Morgan fingerprint density at radius 1 is 1.19 bits per heavy atom. The van der Waals surface area contributed by atoms with Crippen molar-refractivity contribution in [3.05, 3.63) is 11.3 Å². The molecule has 0 aliphatic rings. The Morgan fingerprint density at radius 2 is 1.88 bits per heavy atom. The molecule has 1 heterocycles. The summed E-state index contributed by atoms with van der Waals surface area (Å²) in [6, 6.07) is 1.57. The van der Waals surface area contributed by atoms with Crippen molar-refractivity contribution in [2.24, 2.45) is 0 Å². The zero-order chi connectivity index (χ0) is 11.7. The third kappa shape index (κ3) is 1.28. The summed E-state index contributed by atoms with van der Waals surface area (Å²) >= 11 is 0. The van der Waals surface area contributed by atoms with E-state index in [0.717, 1.165) is 0 Å². The average Bonchev–Trinajstić information content (AvgIpc) is 2.70. The number of methoxy groups -OCH3 is 3. The van der Waals surface area contributed by atoms with E-state index in [1.165, 1.54) is 21.3 Å². The Morgan fingerprint density at radius 3 is 2.44 bits per heavy atom. The summed E-state index contributed by atoms with van der Waals surface area (Å²) in [6.45, 7) is 0. The largest absolute Gasteiger partial charge is 0.493 e. The number of hydrogen-bond acceptors (Lipinski definition) is 6. The normalized spacial score (nSPS) is 10.4. The molecule has 86 valence electrons. The topological polar surface area (TPSA) is 80.7 Å². The summed E-state index contributed by atoms with van der Waals surface area (Å²) in [7, 11) is 4.35. The number of fused-ring (bicyclic) bond motifs is 1. The standard InChI is InChI=1S/C9H10N2O5/c1-13-5-4-6(14-2)9(15-3)8-7(5)10-16-11(8)12/h4H,1-3H3. The van der Waals surface area contributed by atoms with Crippen LogP contribution in [0.3, 0.4) is 0 Å². The van der Waals surface area contributed by atoms with Gasteiger partial charge in [0.15, 0.2) is 11.5 Å². The molecular weight excluding hydrogens is 216 g/mol. The van der Waals surface area contributed by atoms with E-state index < -0.39 is 0 Å². The fraction of sp³-hybridized carbons (Fsp3) is 0.333. The second kappa shape index (κ2) is 3.76. The molecule has 1 aromatic carbocycles. The van der Waals surface area contributed by atoms with E-state index >= 15 is 0 Å². The van der Waals surface area contributed by atoms with E-state index in [9.17, 15) is 5.21 Å². The Bertz CT molecular complexity index is 522. The fourth-order valence-corrected chi connectivity index (χ4v) is 1.47. The highest BCUT2D eigenvalue weighted by atomic mass is 16.8. The molecule has 0 fully saturated rings. The molecule has 0 radical (unpaired) electrons. The number of ether oxygens (including phenoxy) is 3. The highest BCUT2D eigenvalue weighted by Crippen LogP contribution is 2.38. The zero-order valence-electron chi connectivity index (χ0n) is 9.01. The lowest BCUT2D eigenvalue weighted by molar-refractivity contribution is -0.782. The molecule has 0 aliphatic heterocycles. The van der Waals surface area contributed by atoms with Gasteiger partial charge >= 0.3 is 0 Å². The Labute approximate surface area is 90.6 Å². The fourth-order valence-electron chi connectivity index (χ4n) is 1.47. The zero-order valence-corrected chi connectivity index (χ0v) is 9.01. The van der Waals surface area contributed by atoms with Crippen LogP contribution in [0.5, 0.6) is 17.2 Å². The third-order valence-electron chi connectivity index (χ3n) is 2.19. The van der Waals surface area contributed by atoms with E-state index in [4.69, 9.17) is 14.2 Å². The minimum absolute atomic E-state index is 0.138. The summed E-state index contributed by atoms with van der Waals surface area (Å²) in [5.74, 6) is 1.01. The summed E-state index contributed by atoms with van der Waals surface area (Å²) in [4.78, 5) is 0.249. The van der Waals surface area contributed by atoms with Crippen LogP contribution in [0.1, 0.15) is 0 Å². The number of benzene rings is 1. The van der Waals surface area contributed by atoms with Crippen LogP contribution in [-0.2, 0) is 0 Å². The Kier molecular flexibility index (Phi) is 2.43. The lowest BCUT2D eigenvalue weighted by atomic mass is 10.2. The van der Waals surface area contributed by atoms with Gasteiger partial charge < -0.3 is 19.4 Å². The molecule has 0 N–H and O–H groups in total. The van der Waals surface area contributed by atoms with Gasteiger partial charge in [-0.05, 0) is 4.90 Å². The van der Waals surface area contributed by atoms with Crippen LogP contribution in [0.15, 0.2) is 10.7 Å². The molecule has 0 aliphatic carbocycles. The molecule has 0 saturated carbocycles. The molecular formula is C9H10N2O5. The summed E-state index contributed by atoms with van der Waals surface area (Å²) in [5, 5.41) is 15.0. The van der Waals surface area contributed by atoms with Crippen LogP contribution in [0.25, 0.3) is 11.0 Å². The lowest BCUT2D eigenvalue weighted by Crippen LogP contribution is -2.23. The van der Waals surface area contributed by atoms with Gasteiger partial charge in [-0.25, -0.2) is 0 Å². The van der Waals surface area contributed by atoms with E-state index in [2.05, 4.69) is 9.79 Å². The van der Waals surface area contributed by atoms with Crippen molar-refractivity contribution in [2.45, 2.75) is 0 Å². The highest BCUT2D eigenvalue weighted by molar-refractivity contribution is 5.86. The van der Waals surface area contributed by atoms with Crippen molar-refractivity contribution in [3.63, 3.8) is 0 Å². The predicted octanol–water partition coefficient (Wildman–Crippen LogP) is 0.487. The molecule has 1 aromatic heterocycles. The van der Waals surface area contributed by atoms with Gasteiger partial charge in [0.1, 0.15) is 0 Å². The first-order valence-electron chi connectivity index (χ1n) is 4.41. The van der Waals surface area contributed by atoms with Gasteiger partial charge in [0, 0.05) is 6.07 Å². The summed E-state index contributed by atoms with van der Waals surface area (Å²) in [5.41, 5.74) is 0.425. The number of rotatable bonds is 3. The minimum Gasteiger partial charge on any atom is -0.493 e. The van der Waals surface area contributed by atoms with E-state index in [0.29, 0.717) is 11.5 Å². The van der Waals surface area contributed by atoms with Crippen molar-refractivity contribution in [2.75, 3.05) is 21.3 Å². The van der Waals surface area contributed by atoms with Crippen molar-refractivity contribution >= 4 is 11.0 Å². The summed E-state index contributed by atoms with van der Waals surface area (Å²) in [6.07, 6.45) is 0. The average molecular weight is 226 g/mol. The van der Waals surface area contributed by atoms with Crippen molar-refractivity contribution in [1.29, 1.82) is 0 Å². The van der Waals surface area contributed by atoms with Crippen LogP contribution in [0.4, 0.5) is 0 Å². The lowest BCUT2D eigenvalue weighted by Gasteiger charge is -2.07. The molecule has 2 aromatic rings. The first-order valence-corrected chi connectivity index (χ1v) is 4.41. The molecule has 0 saturated heterocycles. The maximum atomic E-state index is 11.4. The first-order chi connectivity index (χ1) is 7.72. The first kappa shape index (κ1) is 10.3. The molecule has 0 bridgehead atoms. The third-order valence-corrected chi connectivity index (χ3v) is 2.19. The molecule has 0 amide bonds. The quantitative estimate of drug-likeness (QED) is 0.708. The highest BCUT2D eigenvalue weighted by Gasteiger charge is 2.25. The van der Waals surface area contributed by atoms with Crippen LogP contribution < -0.4 is 19.1 Å². The van der Waals surface area contributed by atoms with Gasteiger partial charge in [0.2, 0.25) is 5.75 Å². The number of hydrogen-bond donors (Lipinski definition) is 0. The van der Waals surface area contributed by atoms with Gasteiger partial charge in [0.25, 0.3) is 11.0 Å². The van der Waals surface area contributed by atoms with Crippen LogP contribution >= 0.6 is 0 Å². The number of aromatic nitrogens is 2. The second-order valence-electron chi connectivity index (χ2n) is 2.94. The minimum atomic E-state index is 0.138. The second-order valence-corrected chi connectivity index (χ2v) is 2.94. The summed E-state index contributed by atoms with van der Waals surface area (Å²) < 4.78 is 19.7. The molecule has 2 rings (SSSR count). The van der Waals surface area contributed by atoms with E-state index in [1.807, 2.05) is 0 Å². The SMILES string of the molecule is COc1cc(OC)c2no[n+]([O-])c2c1OC. The van der Waals surface area contributed by atoms with Crippen LogP contribution in [-0.4, -0.2) is 26.5 Å². The van der Waals surface area contributed by atoms with Gasteiger partial charge in [-0.1, -0.05) is 0 Å². The van der Waals surface area contributed by atoms with Gasteiger partial charge in [-0.2, -0.15) is 0 Å². The smallest absolute Gasteiger partial charge is 0.294 e. The molecule has 0 atom stereocenters. The maximum absolute atomic E-state index is 11.4. The molecule has 7 heteroatoms. The monoisotopic (exact) mass is 226 g/mol. The van der Waals surface area contributed by atoms with Crippen molar-refractivity contribution < 1.29 is 23.7 Å². The van der Waals surface area contributed by atoms with E-state index in [1.54, 1.807) is 6.07 Å². The van der Waals surface area contributed by atoms with E-state index in [-0.39, 0.29) is 21.7 Å².